The summed E-state index contributed by atoms with van der Waals surface area (Å²) in [5.41, 5.74) is 0.217. The van der Waals surface area contributed by atoms with Crippen LogP contribution in [0.3, 0.4) is 0 Å². The van der Waals surface area contributed by atoms with Crippen molar-refractivity contribution in [2.45, 2.75) is 26.3 Å². The number of allylic oxidation sites excluding steroid dienone is 2. The zero-order chi connectivity index (χ0) is 14.2. The van der Waals surface area contributed by atoms with Crippen LogP contribution in [0, 0.1) is 5.92 Å². The number of rotatable bonds is 3. The van der Waals surface area contributed by atoms with Crippen molar-refractivity contribution in [2.75, 3.05) is 6.54 Å². The molecular formula is C14H16FNO3. The molecule has 1 aliphatic carbocycles. The number of hydrogen-bond donors (Lipinski definition) is 1. The highest BCUT2D eigenvalue weighted by Crippen LogP contribution is 2.33. The number of carbonyl (C=O) groups is 2. The van der Waals surface area contributed by atoms with Crippen LogP contribution in [0.1, 0.15) is 20.3 Å². The predicted octanol–water partition coefficient (Wildman–Crippen LogP) is 2.05. The minimum absolute atomic E-state index is 0.272. The van der Waals surface area contributed by atoms with Gasteiger partial charge in [0.2, 0.25) is 0 Å². The lowest BCUT2D eigenvalue weighted by molar-refractivity contribution is -0.136. The van der Waals surface area contributed by atoms with E-state index in [4.69, 9.17) is 5.11 Å². The van der Waals surface area contributed by atoms with Gasteiger partial charge in [-0.05, 0) is 25.0 Å². The fourth-order valence-corrected chi connectivity index (χ4v) is 2.49. The molecular weight excluding hydrogens is 249 g/mol. The second-order valence-electron chi connectivity index (χ2n) is 4.83. The van der Waals surface area contributed by atoms with Gasteiger partial charge in [0.05, 0.1) is 12.0 Å². The number of carboxylic acids is 1. The first-order chi connectivity index (χ1) is 8.95. The van der Waals surface area contributed by atoms with E-state index < -0.39 is 23.5 Å². The molecule has 1 heterocycles. The standard InChI is InChI=1S/C14H16FNO3/c1-3-4-16-7-10(14(18)19)13(17)9-6-11(15)8(2)5-12(9)16/h5-7,9,12H,3-4H2,1-2H3,(H,18,19). The number of fused-ring (bicyclic) bond motifs is 1. The third-order valence-electron chi connectivity index (χ3n) is 3.45. The van der Waals surface area contributed by atoms with Crippen molar-refractivity contribution in [3.63, 3.8) is 0 Å². The van der Waals surface area contributed by atoms with E-state index in [0.717, 1.165) is 6.42 Å². The van der Waals surface area contributed by atoms with Crippen LogP contribution in [0.4, 0.5) is 4.39 Å². The smallest absolute Gasteiger partial charge is 0.340 e. The van der Waals surface area contributed by atoms with Crippen molar-refractivity contribution in [3.05, 3.63) is 35.3 Å². The zero-order valence-electron chi connectivity index (χ0n) is 10.9. The molecule has 0 saturated heterocycles. The molecule has 0 fully saturated rings. The molecule has 4 nitrogen and oxygen atoms in total. The SMILES string of the molecule is CCCN1C=C(C(=O)O)C(=O)C2C=C(F)C(C)=CC21. The summed E-state index contributed by atoms with van der Waals surface area (Å²) in [7, 11) is 0. The fraction of sp³-hybridized carbons (Fsp3) is 0.429. The first-order valence-corrected chi connectivity index (χ1v) is 6.27. The van der Waals surface area contributed by atoms with E-state index in [1.807, 2.05) is 11.8 Å². The molecule has 5 heteroatoms. The van der Waals surface area contributed by atoms with E-state index >= 15 is 0 Å². The second kappa shape index (κ2) is 4.99. The summed E-state index contributed by atoms with van der Waals surface area (Å²) in [5.74, 6) is -2.97. The third-order valence-corrected chi connectivity index (χ3v) is 3.45. The molecule has 2 atom stereocenters. The van der Waals surface area contributed by atoms with Crippen LogP contribution in [0.2, 0.25) is 0 Å². The molecule has 2 rings (SSSR count). The summed E-state index contributed by atoms with van der Waals surface area (Å²) in [6.07, 6.45) is 5.14. The average molecular weight is 265 g/mol. The van der Waals surface area contributed by atoms with Crippen LogP contribution in [0.25, 0.3) is 0 Å². The first kappa shape index (κ1) is 13.5. The van der Waals surface area contributed by atoms with E-state index in [0.29, 0.717) is 12.1 Å². The number of halogens is 1. The molecule has 0 amide bonds. The maximum absolute atomic E-state index is 13.6. The van der Waals surface area contributed by atoms with Crippen molar-refractivity contribution < 1.29 is 19.1 Å². The van der Waals surface area contributed by atoms with Crippen LogP contribution in [-0.4, -0.2) is 34.3 Å². The van der Waals surface area contributed by atoms with Crippen molar-refractivity contribution in [2.24, 2.45) is 5.92 Å². The molecule has 0 aromatic carbocycles. The Bertz CT molecular complexity index is 519. The van der Waals surface area contributed by atoms with Gasteiger partial charge in [-0.3, -0.25) is 4.79 Å². The van der Waals surface area contributed by atoms with E-state index in [1.165, 1.54) is 12.3 Å². The fourth-order valence-electron chi connectivity index (χ4n) is 2.49. The zero-order valence-corrected chi connectivity index (χ0v) is 10.9. The van der Waals surface area contributed by atoms with E-state index in [-0.39, 0.29) is 11.6 Å². The van der Waals surface area contributed by atoms with Crippen LogP contribution in [-0.2, 0) is 9.59 Å². The van der Waals surface area contributed by atoms with Crippen molar-refractivity contribution in [3.8, 4) is 0 Å². The lowest BCUT2D eigenvalue weighted by atomic mass is 9.82. The summed E-state index contributed by atoms with van der Waals surface area (Å²) in [6.45, 7) is 4.24. The minimum Gasteiger partial charge on any atom is -0.478 e. The number of aliphatic carboxylic acids is 1. The van der Waals surface area contributed by atoms with Gasteiger partial charge in [0.25, 0.3) is 0 Å². The highest BCUT2D eigenvalue weighted by atomic mass is 19.1. The molecule has 0 saturated carbocycles. The third kappa shape index (κ3) is 2.32. The van der Waals surface area contributed by atoms with E-state index in [1.54, 1.807) is 13.0 Å². The van der Waals surface area contributed by atoms with Gasteiger partial charge in [-0.15, -0.1) is 0 Å². The highest BCUT2D eigenvalue weighted by Gasteiger charge is 2.39. The van der Waals surface area contributed by atoms with E-state index in [9.17, 15) is 14.0 Å². The lowest BCUT2D eigenvalue weighted by Gasteiger charge is -2.38. The largest absolute Gasteiger partial charge is 0.478 e. The number of ketones is 1. The quantitative estimate of drug-likeness (QED) is 0.793. The molecule has 1 N–H and O–H groups in total. The van der Waals surface area contributed by atoms with Gasteiger partial charge in [-0.25, -0.2) is 9.18 Å². The first-order valence-electron chi connectivity index (χ1n) is 6.27. The molecule has 102 valence electrons. The normalized spacial score (nSPS) is 26.4. The van der Waals surface area contributed by atoms with Gasteiger partial charge < -0.3 is 10.0 Å². The Kier molecular flexibility index (Phi) is 3.55. The van der Waals surface area contributed by atoms with Crippen LogP contribution in [0.5, 0.6) is 0 Å². The molecule has 2 aliphatic rings. The van der Waals surface area contributed by atoms with Crippen LogP contribution in [0.15, 0.2) is 35.3 Å². The predicted molar refractivity (Wildman–Crippen MR) is 67.9 cm³/mol. The van der Waals surface area contributed by atoms with E-state index in [2.05, 4.69) is 0 Å². The molecule has 1 aliphatic heterocycles. The number of hydrogen-bond acceptors (Lipinski definition) is 3. The summed E-state index contributed by atoms with van der Waals surface area (Å²) < 4.78 is 13.6. The van der Waals surface area contributed by atoms with Crippen molar-refractivity contribution in [1.29, 1.82) is 0 Å². The van der Waals surface area contributed by atoms with Gasteiger partial charge in [0.15, 0.2) is 5.78 Å². The van der Waals surface area contributed by atoms with Crippen LogP contribution >= 0.6 is 0 Å². The van der Waals surface area contributed by atoms with Crippen LogP contribution < -0.4 is 0 Å². The van der Waals surface area contributed by atoms with Gasteiger partial charge in [-0.1, -0.05) is 13.0 Å². The summed E-state index contributed by atoms with van der Waals surface area (Å²) >= 11 is 0. The molecule has 0 radical (unpaired) electrons. The Morgan fingerprint density at radius 3 is 2.74 bits per heavy atom. The van der Waals surface area contributed by atoms with Crippen molar-refractivity contribution in [1.82, 2.24) is 4.90 Å². The van der Waals surface area contributed by atoms with Gasteiger partial charge in [0, 0.05) is 12.7 Å². The molecule has 19 heavy (non-hydrogen) atoms. The Labute approximate surface area is 110 Å². The maximum atomic E-state index is 13.6. The Morgan fingerprint density at radius 2 is 2.16 bits per heavy atom. The maximum Gasteiger partial charge on any atom is 0.340 e. The molecule has 0 aromatic rings. The Morgan fingerprint density at radius 1 is 1.47 bits per heavy atom. The second-order valence-corrected chi connectivity index (χ2v) is 4.83. The summed E-state index contributed by atoms with van der Waals surface area (Å²) in [6, 6.07) is -0.282. The minimum atomic E-state index is -1.26. The van der Waals surface area contributed by atoms with Gasteiger partial charge in [0.1, 0.15) is 11.4 Å². The molecule has 0 spiro atoms. The highest BCUT2D eigenvalue weighted by molar-refractivity contribution is 6.18. The topological polar surface area (TPSA) is 57.6 Å². The number of carboxylic acid groups (broad SMARTS) is 1. The number of nitrogens with zero attached hydrogens (tertiary/aromatic N) is 1. The van der Waals surface area contributed by atoms with Gasteiger partial charge in [-0.2, -0.15) is 0 Å². The molecule has 0 aromatic heterocycles. The number of carbonyl (C=O) groups excluding carboxylic acids is 1. The summed E-state index contributed by atoms with van der Waals surface area (Å²) in [5, 5.41) is 9.06. The lowest BCUT2D eigenvalue weighted by Crippen LogP contribution is -2.46. The number of Topliss-reactive ketones (excluding diaryl/α,β-unsaturated/α-hetero) is 1. The Hall–Kier alpha value is -1.91. The summed E-state index contributed by atoms with van der Waals surface area (Å²) in [4.78, 5) is 25.0. The molecule has 0 bridgehead atoms. The monoisotopic (exact) mass is 265 g/mol. The average Bonchev–Trinajstić information content (AvgIpc) is 2.35. The molecule has 2 unspecified atom stereocenters. The Balaban J connectivity index is 2.46. The van der Waals surface area contributed by atoms with Crippen molar-refractivity contribution >= 4 is 11.8 Å². The van der Waals surface area contributed by atoms with Gasteiger partial charge >= 0.3 is 5.97 Å².